The predicted molar refractivity (Wildman–Crippen MR) is 152 cm³/mol. The molecule has 0 atom stereocenters. The van der Waals surface area contributed by atoms with Gasteiger partial charge in [0.05, 0.1) is 21.9 Å². The van der Waals surface area contributed by atoms with Crippen LogP contribution in [0.5, 0.6) is 11.5 Å². The number of halogens is 1. The van der Waals surface area contributed by atoms with Crippen LogP contribution in [-0.4, -0.2) is 15.9 Å². The van der Waals surface area contributed by atoms with Crippen molar-refractivity contribution in [2.24, 2.45) is 5.92 Å². The van der Waals surface area contributed by atoms with Crippen LogP contribution >= 0.6 is 11.6 Å². The highest BCUT2D eigenvalue weighted by Crippen LogP contribution is 2.43. The van der Waals surface area contributed by atoms with E-state index in [1.165, 1.54) is 16.7 Å². The maximum Gasteiger partial charge on any atom is 0.313 e. The monoisotopic (exact) mass is 532 g/mol. The van der Waals surface area contributed by atoms with E-state index >= 15 is 0 Å². The number of aryl methyl sites for hydroxylation is 1. The molecule has 2 aromatic carbocycles. The highest BCUT2D eigenvalue weighted by Gasteiger charge is 2.26. The van der Waals surface area contributed by atoms with Crippen LogP contribution in [0.25, 0.3) is 22.2 Å². The zero-order chi connectivity index (χ0) is 27.9. The number of hydrogen-bond donors (Lipinski definition) is 1. The largest absolute Gasteiger partial charge is 0.487 e. The molecule has 6 nitrogen and oxygen atoms in total. The fraction of sp³-hybridized carbons (Fsp3) is 0.323. The van der Waals surface area contributed by atoms with Crippen molar-refractivity contribution in [1.82, 2.24) is 9.97 Å². The molecule has 0 aliphatic heterocycles. The molecule has 0 spiro atoms. The first-order valence-corrected chi connectivity index (χ1v) is 13.0. The topological polar surface area (TPSA) is 81.3 Å². The Kier molecular flexibility index (Phi) is 7.65. The molecule has 1 N–H and O–H groups in total. The van der Waals surface area contributed by atoms with Gasteiger partial charge in [-0.2, -0.15) is 0 Å². The van der Waals surface area contributed by atoms with Crippen LogP contribution < -0.4 is 15.0 Å². The summed E-state index contributed by atoms with van der Waals surface area (Å²) in [6.07, 6.45) is 1.57. The highest BCUT2D eigenvalue weighted by atomic mass is 35.5. The number of nitrogens with zero attached hydrogens (tertiary/aromatic N) is 1. The molecule has 2 heterocycles. The van der Waals surface area contributed by atoms with Crippen LogP contribution in [0.15, 0.2) is 35.3 Å². The molecule has 0 bridgehead atoms. The van der Waals surface area contributed by atoms with Gasteiger partial charge in [-0.3, -0.25) is 9.59 Å². The standard InChI is InChI=1S/C31H33ClN2O4/c1-15(2)31(36)38-27-22-10-9-13-33-29(22)34-30(35)26(27)25-16(3)11-12-24(32)28(25)37-14-23-20(7)18(5)17(4)19(6)21(23)8/h9-13,15H,14H2,1-8H3,(H,33,34,35). The molecule has 0 saturated heterocycles. The number of esters is 1. The lowest BCUT2D eigenvalue weighted by Gasteiger charge is -2.22. The molecule has 0 saturated carbocycles. The van der Waals surface area contributed by atoms with Gasteiger partial charge in [-0.25, -0.2) is 4.98 Å². The number of hydrogen-bond acceptors (Lipinski definition) is 5. The first-order valence-electron chi connectivity index (χ1n) is 12.6. The number of pyridine rings is 2. The fourth-order valence-electron chi connectivity index (χ4n) is 4.69. The van der Waals surface area contributed by atoms with E-state index < -0.39 is 17.4 Å². The molecule has 0 aliphatic carbocycles. The minimum absolute atomic E-state index is 0.139. The molecular formula is C31H33ClN2O4. The van der Waals surface area contributed by atoms with Crippen LogP contribution in [0.4, 0.5) is 0 Å². The molecule has 38 heavy (non-hydrogen) atoms. The van der Waals surface area contributed by atoms with Gasteiger partial charge in [0.25, 0.3) is 5.56 Å². The third kappa shape index (κ3) is 4.81. The Morgan fingerprint density at radius 3 is 2.18 bits per heavy atom. The summed E-state index contributed by atoms with van der Waals surface area (Å²) < 4.78 is 12.3. The average Bonchev–Trinajstić information content (AvgIpc) is 2.88. The van der Waals surface area contributed by atoms with E-state index in [1.54, 1.807) is 38.2 Å². The van der Waals surface area contributed by atoms with E-state index in [1.807, 2.05) is 13.0 Å². The number of nitrogens with one attached hydrogen (secondary N) is 1. The summed E-state index contributed by atoms with van der Waals surface area (Å²) in [5.74, 6) is -0.359. The number of H-pyrrole nitrogens is 1. The molecule has 0 amide bonds. The Bertz CT molecular complexity index is 1610. The Labute approximate surface area is 228 Å². The molecule has 0 unspecified atom stereocenters. The smallest absolute Gasteiger partial charge is 0.313 e. The van der Waals surface area contributed by atoms with E-state index in [0.29, 0.717) is 27.4 Å². The maximum atomic E-state index is 13.5. The Hall–Kier alpha value is -3.64. The van der Waals surface area contributed by atoms with Gasteiger partial charge in [0, 0.05) is 11.8 Å². The summed E-state index contributed by atoms with van der Waals surface area (Å²) in [7, 11) is 0. The number of aromatic amines is 1. The number of fused-ring (bicyclic) bond motifs is 1. The number of aromatic nitrogens is 2. The highest BCUT2D eigenvalue weighted by molar-refractivity contribution is 6.32. The van der Waals surface area contributed by atoms with E-state index in [2.05, 4.69) is 44.6 Å². The molecular weight excluding hydrogens is 500 g/mol. The van der Waals surface area contributed by atoms with E-state index in [9.17, 15) is 9.59 Å². The van der Waals surface area contributed by atoms with Gasteiger partial charge >= 0.3 is 5.97 Å². The third-order valence-corrected chi connectivity index (χ3v) is 7.79. The maximum absolute atomic E-state index is 13.5. The summed E-state index contributed by atoms with van der Waals surface area (Å²) in [6, 6.07) is 7.06. The van der Waals surface area contributed by atoms with Gasteiger partial charge in [-0.1, -0.05) is 31.5 Å². The van der Waals surface area contributed by atoms with E-state index in [-0.39, 0.29) is 17.9 Å². The van der Waals surface area contributed by atoms with E-state index in [4.69, 9.17) is 21.1 Å². The van der Waals surface area contributed by atoms with Crippen molar-refractivity contribution in [3.05, 3.63) is 84.8 Å². The van der Waals surface area contributed by atoms with Crippen LogP contribution in [0.2, 0.25) is 5.02 Å². The minimum atomic E-state index is -0.457. The molecule has 2 aromatic heterocycles. The number of benzene rings is 2. The predicted octanol–water partition coefficient (Wildman–Crippen LogP) is 7.23. The van der Waals surface area contributed by atoms with Gasteiger partial charge in [-0.05, 0) is 98.7 Å². The third-order valence-electron chi connectivity index (χ3n) is 7.50. The summed E-state index contributed by atoms with van der Waals surface area (Å²) in [5.41, 5.74) is 8.42. The average molecular weight is 533 g/mol. The van der Waals surface area contributed by atoms with Crippen molar-refractivity contribution in [1.29, 1.82) is 0 Å². The first-order chi connectivity index (χ1) is 17.9. The van der Waals surface area contributed by atoms with Crippen LogP contribution in [0, 0.1) is 47.5 Å². The minimum Gasteiger partial charge on any atom is -0.487 e. The second-order valence-corrected chi connectivity index (χ2v) is 10.5. The number of carbonyl (C=O) groups excluding carboxylic acids is 1. The lowest BCUT2D eigenvalue weighted by molar-refractivity contribution is -0.137. The molecule has 0 radical (unpaired) electrons. The fourth-order valence-corrected chi connectivity index (χ4v) is 4.91. The van der Waals surface area contributed by atoms with Crippen LogP contribution in [0.1, 0.15) is 52.8 Å². The molecule has 0 aliphatic rings. The SMILES string of the molecule is Cc1ccc(Cl)c(OCc2c(C)c(C)c(C)c(C)c2C)c1-c1c(OC(=O)C(C)C)c2cccnc2[nH]c1=O. The van der Waals surface area contributed by atoms with Crippen molar-refractivity contribution in [3.8, 4) is 22.6 Å². The summed E-state index contributed by atoms with van der Waals surface area (Å²) in [6.45, 7) is 16.2. The number of carbonyl (C=O) groups is 1. The van der Waals surface area contributed by atoms with Crippen molar-refractivity contribution >= 4 is 28.6 Å². The quantitative estimate of drug-likeness (QED) is 0.265. The molecule has 4 aromatic rings. The first kappa shape index (κ1) is 27.4. The second kappa shape index (κ2) is 10.6. The lowest BCUT2D eigenvalue weighted by atomic mass is 9.90. The molecule has 7 heteroatoms. The summed E-state index contributed by atoms with van der Waals surface area (Å²) in [4.78, 5) is 33.4. The zero-order valence-corrected chi connectivity index (χ0v) is 23.9. The second-order valence-electron chi connectivity index (χ2n) is 10.1. The normalized spacial score (nSPS) is 11.3. The van der Waals surface area contributed by atoms with Gasteiger partial charge < -0.3 is 14.5 Å². The van der Waals surface area contributed by atoms with Gasteiger partial charge in [-0.15, -0.1) is 0 Å². The summed E-state index contributed by atoms with van der Waals surface area (Å²) in [5, 5.41) is 0.867. The van der Waals surface area contributed by atoms with Crippen LogP contribution in [0.3, 0.4) is 0 Å². The van der Waals surface area contributed by atoms with Gasteiger partial charge in [0.15, 0.2) is 5.75 Å². The molecule has 198 valence electrons. The lowest BCUT2D eigenvalue weighted by Crippen LogP contribution is -2.20. The van der Waals surface area contributed by atoms with Gasteiger partial charge in [0.1, 0.15) is 18.0 Å². The van der Waals surface area contributed by atoms with E-state index in [0.717, 1.165) is 22.3 Å². The summed E-state index contributed by atoms with van der Waals surface area (Å²) >= 11 is 6.71. The van der Waals surface area contributed by atoms with Gasteiger partial charge in [0.2, 0.25) is 0 Å². The van der Waals surface area contributed by atoms with Crippen molar-refractivity contribution in [2.45, 2.75) is 62.0 Å². The van der Waals surface area contributed by atoms with Crippen molar-refractivity contribution in [2.75, 3.05) is 0 Å². The molecule has 4 rings (SSSR count). The molecule has 0 fully saturated rings. The Morgan fingerprint density at radius 2 is 1.55 bits per heavy atom. The Balaban J connectivity index is 1.95. The number of rotatable bonds is 6. The Morgan fingerprint density at radius 1 is 0.921 bits per heavy atom. The van der Waals surface area contributed by atoms with Crippen molar-refractivity contribution in [3.63, 3.8) is 0 Å². The zero-order valence-electron chi connectivity index (χ0n) is 23.1. The van der Waals surface area contributed by atoms with Crippen molar-refractivity contribution < 1.29 is 14.3 Å². The number of ether oxygens (including phenoxy) is 2. The van der Waals surface area contributed by atoms with Crippen LogP contribution in [-0.2, 0) is 11.4 Å².